The van der Waals surface area contributed by atoms with Gasteiger partial charge in [-0.1, -0.05) is 25.9 Å². The molecule has 140 valence electrons. The zero-order valence-electron chi connectivity index (χ0n) is 15.9. The van der Waals surface area contributed by atoms with E-state index in [1.165, 1.54) is 0 Å². The highest BCUT2D eigenvalue weighted by molar-refractivity contribution is 6.06. The fourth-order valence-corrected chi connectivity index (χ4v) is 3.66. The van der Waals surface area contributed by atoms with Crippen molar-refractivity contribution in [2.75, 3.05) is 13.1 Å². The molecule has 0 radical (unpaired) electrons. The smallest absolute Gasteiger partial charge is 0.259 e. The third-order valence-corrected chi connectivity index (χ3v) is 5.11. The van der Waals surface area contributed by atoms with Gasteiger partial charge in [-0.05, 0) is 50.1 Å². The lowest BCUT2D eigenvalue weighted by atomic mass is 9.89. The topological polar surface area (TPSA) is 80.0 Å². The number of carbonyl (C=O) groups excluding carboxylic acids is 1. The zero-order chi connectivity index (χ0) is 18.3. The number of nitrogens with one attached hydrogen (secondary N) is 2. The third-order valence-electron chi connectivity index (χ3n) is 5.11. The molecule has 0 spiro atoms. The Bertz CT molecular complexity index is 811. The van der Waals surface area contributed by atoms with E-state index in [1.54, 1.807) is 0 Å². The summed E-state index contributed by atoms with van der Waals surface area (Å²) in [6, 6.07) is 2.14. The van der Waals surface area contributed by atoms with Crippen LogP contribution < -0.4 is 10.6 Å². The highest BCUT2D eigenvalue weighted by atomic mass is 16.5. The standard InChI is InChI=1S/C20H28N4O2/c1-20(2,3)10-16-17-14(18(25)22-13-5-4-8-21-11-13)9-15(12-6-7-12)23-19(17)26-24-16/h9,12-13,21H,4-8,10-11H2,1-3H3,(H,22,25)/t13-/m0/s1. The molecule has 2 aliphatic rings. The summed E-state index contributed by atoms with van der Waals surface area (Å²) in [5.41, 5.74) is 3.01. The molecular weight excluding hydrogens is 328 g/mol. The molecule has 4 rings (SSSR count). The van der Waals surface area contributed by atoms with Gasteiger partial charge in [0.2, 0.25) is 0 Å². The Hall–Kier alpha value is -1.95. The zero-order valence-corrected chi connectivity index (χ0v) is 15.9. The molecule has 0 unspecified atom stereocenters. The molecule has 2 fully saturated rings. The molecule has 2 aromatic heterocycles. The summed E-state index contributed by atoms with van der Waals surface area (Å²) in [4.78, 5) is 17.8. The number of amides is 1. The highest BCUT2D eigenvalue weighted by Gasteiger charge is 2.30. The van der Waals surface area contributed by atoms with Crippen LogP contribution in [0.2, 0.25) is 0 Å². The number of nitrogens with zero attached hydrogens (tertiary/aromatic N) is 2. The molecule has 1 atom stereocenters. The van der Waals surface area contributed by atoms with Crippen molar-refractivity contribution in [3.63, 3.8) is 0 Å². The van der Waals surface area contributed by atoms with Gasteiger partial charge < -0.3 is 15.2 Å². The summed E-state index contributed by atoms with van der Waals surface area (Å²) < 4.78 is 5.54. The van der Waals surface area contributed by atoms with E-state index >= 15 is 0 Å². The highest BCUT2D eigenvalue weighted by Crippen LogP contribution is 2.41. The van der Waals surface area contributed by atoms with E-state index in [0.29, 0.717) is 17.2 Å². The van der Waals surface area contributed by atoms with Crippen LogP contribution in [0.15, 0.2) is 10.6 Å². The summed E-state index contributed by atoms with van der Waals surface area (Å²) in [5.74, 6) is 0.421. The van der Waals surface area contributed by atoms with Crippen LogP contribution in [-0.4, -0.2) is 35.2 Å². The first-order valence-electron chi connectivity index (χ1n) is 9.71. The van der Waals surface area contributed by atoms with Crippen molar-refractivity contribution >= 4 is 17.0 Å². The number of pyridine rings is 1. The Morgan fingerprint density at radius 3 is 2.81 bits per heavy atom. The maximum absolute atomic E-state index is 13.1. The normalized spacial score (nSPS) is 21.1. The van der Waals surface area contributed by atoms with Crippen LogP contribution in [0.5, 0.6) is 0 Å². The molecule has 3 heterocycles. The Kier molecular flexibility index (Phi) is 4.47. The Labute approximate surface area is 154 Å². The van der Waals surface area contributed by atoms with Gasteiger partial charge in [-0.3, -0.25) is 4.79 Å². The Morgan fingerprint density at radius 1 is 1.35 bits per heavy atom. The van der Waals surface area contributed by atoms with Gasteiger partial charge in [0.25, 0.3) is 11.6 Å². The minimum atomic E-state index is -0.0358. The fraction of sp³-hybridized carbons (Fsp3) is 0.650. The van der Waals surface area contributed by atoms with Crippen molar-refractivity contribution < 1.29 is 9.32 Å². The maximum Gasteiger partial charge on any atom is 0.259 e. The van der Waals surface area contributed by atoms with Crippen LogP contribution in [-0.2, 0) is 6.42 Å². The lowest BCUT2D eigenvalue weighted by Crippen LogP contribution is -2.45. The van der Waals surface area contributed by atoms with Crippen LogP contribution in [0.25, 0.3) is 11.1 Å². The number of rotatable bonds is 4. The van der Waals surface area contributed by atoms with Crippen molar-refractivity contribution in [3.05, 3.63) is 23.0 Å². The monoisotopic (exact) mass is 356 g/mol. The molecule has 1 aliphatic carbocycles. The number of piperidine rings is 1. The molecule has 6 heteroatoms. The van der Waals surface area contributed by atoms with Crippen molar-refractivity contribution in [2.45, 2.75) is 64.8 Å². The molecule has 2 N–H and O–H groups in total. The van der Waals surface area contributed by atoms with E-state index in [0.717, 1.165) is 62.0 Å². The lowest BCUT2D eigenvalue weighted by molar-refractivity contribution is 0.0932. The SMILES string of the molecule is CC(C)(C)Cc1noc2nc(C3CC3)cc(C(=O)N[C@H]3CCCNC3)c12. The number of fused-ring (bicyclic) bond motifs is 1. The summed E-state index contributed by atoms with van der Waals surface area (Å²) in [7, 11) is 0. The molecular formula is C20H28N4O2. The summed E-state index contributed by atoms with van der Waals surface area (Å²) in [6.45, 7) is 8.33. The maximum atomic E-state index is 13.1. The second-order valence-electron chi connectivity index (χ2n) is 8.93. The average molecular weight is 356 g/mol. The first-order chi connectivity index (χ1) is 12.4. The molecule has 1 saturated carbocycles. The lowest BCUT2D eigenvalue weighted by Gasteiger charge is -2.24. The molecule has 0 aromatic carbocycles. The van der Waals surface area contributed by atoms with Gasteiger partial charge in [0, 0.05) is 24.2 Å². The van der Waals surface area contributed by atoms with Crippen LogP contribution in [0.4, 0.5) is 0 Å². The molecule has 1 saturated heterocycles. The quantitative estimate of drug-likeness (QED) is 0.879. The van der Waals surface area contributed by atoms with Gasteiger partial charge in [0.15, 0.2) is 0 Å². The van der Waals surface area contributed by atoms with Gasteiger partial charge in [-0.25, -0.2) is 4.98 Å². The first-order valence-corrected chi connectivity index (χ1v) is 9.71. The van der Waals surface area contributed by atoms with Crippen molar-refractivity contribution in [1.29, 1.82) is 0 Å². The van der Waals surface area contributed by atoms with Crippen LogP contribution in [0.3, 0.4) is 0 Å². The minimum Gasteiger partial charge on any atom is -0.348 e. The molecule has 26 heavy (non-hydrogen) atoms. The van der Waals surface area contributed by atoms with Crippen LogP contribution in [0.1, 0.15) is 74.1 Å². The van der Waals surface area contributed by atoms with E-state index in [1.807, 2.05) is 6.07 Å². The molecule has 1 aliphatic heterocycles. The van der Waals surface area contributed by atoms with Gasteiger partial charge in [-0.15, -0.1) is 0 Å². The number of hydrogen-bond donors (Lipinski definition) is 2. The van der Waals surface area contributed by atoms with Crippen molar-refractivity contribution in [3.8, 4) is 0 Å². The van der Waals surface area contributed by atoms with Crippen molar-refractivity contribution in [2.24, 2.45) is 5.41 Å². The molecule has 6 nitrogen and oxygen atoms in total. The van der Waals surface area contributed by atoms with E-state index < -0.39 is 0 Å². The minimum absolute atomic E-state index is 0.0358. The van der Waals surface area contributed by atoms with Gasteiger partial charge in [0.1, 0.15) is 0 Å². The predicted octanol–water partition coefficient (Wildman–Crippen LogP) is 3.17. The second kappa shape index (κ2) is 6.65. The average Bonchev–Trinajstić information content (AvgIpc) is 3.37. The Morgan fingerprint density at radius 2 is 2.15 bits per heavy atom. The second-order valence-corrected chi connectivity index (χ2v) is 8.93. The molecule has 0 bridgehead atoms. The molecule has 1 amide bonds. The third kappa shape index (κ3) is 3.75. The number of aromatic nitrogens is 2. The van der Waals surface area contributed by atoms with E-state index in [9.17, 15) is 4.79 Å². The fourth-order valence-electron chi connectivity index (χ4n) is 3.66. The van der Waals surface area contributed by atoms with Crippen molar-refractivity contribution in [1.82, 2.24) is 20.8 Å². The van der Waals surface area contributed by atoms with Gasteiger partial charge in [0.05, 0.1) is 16.6 Å². The molecule has 2 aromatic rings. The Balaban J connectivity index is 1.71. The first kappa shape index (κ1) is 17.5. The van der Waals surface area contributed by atoms with Crippen LogP contribution in [0, 0.1) is 5.41 Å². The van der Waals surface area contributed by atoms with E-state index in [-0.39, 0.29) is 17.4 Å². The number of carbonyl (C=O) groups is 1. The van der Waals surface area contributed by atoms with E-state index in [2.05, 4.69) is 41.5 Å². The number of hydrogen-bond acceptors (Lipinski definition) is 5. The summed E-state index contributed by atoms with van der Waals surface area (Å²) >= 11 is 0. The van der Waals surface area contributed by atoms with Gasteiger partial charge in [-0.2, -0.15) is 0 Å². The van der Waals surface area contributed by atoms with E-state index in [4.69, 9.17) is 4.52 Å². The van der Waals surface area contributed by atoms with Gasteiger partial charge >= 0.3 is 0 Å². The largest absolute Gasteiger partial charge is 0.348 e. The predicted molar refractivity (Wildman–Crippen MR) is 100 cm³/mol. The summed E-state index contributed by atoms with van der Waals surface area (Å²) in [5, 5.41) is 11.6. The van der Waals surface area contributed by atoms with Crippen LogP contribution >= 0.6 is 0 Å². The summed E-state index contributed by atoms with van der Waals surface area (Å²) in [6.07, 6.45) is 5.12.